The monoisotopic (exact) mass is 237 g/mol. The number of rotatable bonds is 9. The Balaban J connectivity index is 3.57. The largest absolute Gasteiger partial charge is 0.396 e. The lowest BCUT2D eigenvalue weighted by Gasteiger charge is -2.08. The highest BCUT2D eigenvalue weighted by Gasteiger charge is 2.08. The van der Waals surface area contributed by atoms with E-state index in [9.17, 15) is 8.42 Å². The summed E-state index contributed by atoms with van der Waals surface area (Å²) in [6.45, 7) is 4.57. The zero-order valence-electron chi connectivity index (χ0n) is 9.70. The molecule has 0 spiro atoms. The van der Waals surface area contributed by atoms with E-state index in [-0.39, 0.29) is 18.3 Å². The minimum Gasteiger partial charge on any atom is -0.396 e. The van der Waals surface area contributed by atoms with Gasteiger partial charge in [-0.1, -0.05) is 20.3 Å². The highest BCUT2D eigenvalue weighted by molar-refractivity contribution is 7.89. The molecular formula is C10H23NO3S. The lowest BCUT2D eigenvalue weighted by atomic mass is 10.1. The number of aliphatic hydroxyl groups excluding tert-OH is 1. The van der Waals surface area contributed by atoms with Gasteiger partial charge in [-0.05, 0) is 25.2 Å². The Kier molecular flexibility index (Phi) is 8.00. The predicted octanol–water partition coefficient (Wildman–Crippen LogP) is 1.11. The molecule has 15 heavy (non-hydrogen) atoms. The maximum absolute atomic E-state index is 11.3. The molecule has 0 heterocycles. The summed E-state index contributed by atoms with van der Waals surface area (Å²) >= 11 is 0. The van der Waals surface area contributed by atoms with E-state index >= 15 is 0 Å². The molecule has 5 heteroatoms. The summed E-state index contributed by atoms with van der Waals surface area (Å²) in [7, 11) is -3.06. The lowest BCUT2D eigenvalue weighted by Crippen LogP contribution is -2.27. The second-order valence-electron chi connectivity index (χ2n) is 4.00. The average Bonchev–Trinajstić information content (AvgIpc) is 2.21. The van der Waals surface area contributed by atoms with E-state index in [1.165, 1.54) is 0 Å². The Bertz CT molecular complexity index is 239. The van der Waals surface area contributed by atoms with Gasteiger partial charge in [0.2, 0.25) is 10.0 Å². The lowest BCUT2D eigenvalue weighted by molar-refractivity contribution is 0.228. The van der Waals surface area contributed by atoms with Gasteiger partial charge in [-0.3, -0.25) is 0 Å². The van der Waals surface area contributed by atoms with Crippen molar-refractivity contribution in [3.8, 4) is 0 Å². The van der Waals surface area contributed by atoms with Crippen molar-refractivity contribution in [2.24, 2.45) is 5.92 Å². The molecule has 0 bridgehead atoms. The minimum atomic E-state index is -3.06. The Morgan fingerprint density at radius 3 is 2.53 bits per heavy atom. The first-order valence-corrected chi connectivity index (χ1v) is 7.25. The van der Waals surface area contributed by atoms with E-state index in [0.29, 0.717) is 13.0 Å². The number of hydrogen-bond acceptors (Lipinski definition) is 3. The number of aliphatic hydroxyl groups is 1. The van der Waals surface area contributed by atoms with Crippen LogP contribution in [0, 0.1) is 5.92 Å². The van der Waals surface area contributed by atoms with Crippen LogP contribution in [0.2, 0.25) is 0 Å². The molecule has 4 nitrogen and oxygen atoms in total. The topological polar surface area (TPSA) is 66.4 Å². The van der Waals surface area contributed by atoms with Crippen molar-refractivity contribution < 1.29 is 13.5 Å². The normalized spacial score (nSPS) is 14.1. The molecule has 0 rings (SSSR count). The van der Waals surface area contributed by atoms with Gasteiger partial charge in [-0.2, -0.15) is 0 Å². The summed E-state index contributed by atoms with van der Waals surface area (Å²) in [6, 6.07) is 0. The number of hydrogen-bond donors (Lipinski definition) is 2. The molecule has 0 radical (unpaired) electrons. The van der Waals surface area contributed by atoms with Crippen molar-refractivity contribution in [3.63, 3.8) is 0 Å². The molecule has 0 saturated heterocycles. The molecule has 2 N–H and O–H groups in total. The molecule has 1 atom stereocenters. The average molecular weight is 237 g/mol. The molecule has 0 aromatic carbocycles. The van der Waals surface area contributed by atoms with Crippen LogP contribution in [-0.4, -0.2) is 32.4 Å². The Morgan fingerprint density at radius 2 is 2.00 bits per heavy atom. The van der Waals surface area contributed by atoms with Gasteiger partial charge in [-0.15, -0.1) is 0 Å². The summed E-state index contributed by atoms with van der Waals surface area (Å²) in [5, 5.41) is 8.77. The van der Waals surface area contributed by atoms with Crippen LogP contribution in [0.3, 0.4) is 0 Å². The molecule has 0 aromatic heterocycles. The molecule has 0 aliphatic heterocycles. The van der Waals surface area contributed by atoms with Crippen molar-refractivity contribution in [3.05, 3.63) is 0 Å². The molecule has 0 amide bonds. The smallest absolute Gasteiger partial charge is 0.211 e. The van der Waals surface area contributed by atoms with Crippen molar-refractivity contribution in [1.82, 2.24) is 4.72 Å². The number of unbranched alkanes of at least 4 members (excludes halogenated alkanes) is 1. The third-order valence-electron chi connectivity index (χ3n) is 2.27. The first-order valence-electron chi connectivity index (χ1n) is 5.60. The van der Waals surface area contributed by atoms with Gasteiger partial charge >= 0.3 is 0 Å². The molecule has 92 valence electrons. The molecule has 0 fully saturated rings. The SMILES string of the molecule is CCCCS(=O)(=O)NCCCC(C)CO. The van der Waals surface area contributed by atoms with Gasteiger partial charge in [-0.25, -0.2) is 13.1 Å². The van der Waals surface area contributed by atoms with Gasteiger partial charge in [0.25, 0.3) is 0 Å². The number of nitrogens with one attached hydrogen (secondary N) is 1. The molecule has 0 saturated carbocycles. The Morgan fingerprint density at radius 1 is 1.33 bits per heavy atom. The summed E-state index contributed by atoms with van der Waals surface area (Å²) in [5.41, 5.74) is 0. The van der Waals surface area contributed by atoms with Crippen molar-refractivity contribution in [2.75, 3.05) is 18.9 Å². The van der Waals surface area contributed by atoms with Crippen LogP contribution in [0.4, 0.5) is 0 Å². The number of sulfonamides is 1. The molecule has 0 aromatic rings. The van der Waals surface area contributed by atoms with E-state index in [1.54, 1.807) is 0 Å². The van der Waals surface area contributed by atoms with E-state index in [4.69, 9.17) is 5.11 Å². The second kappa shape index (κ2) is 8.07. The molecule has 0 aliphatic carbocycles. The van der Waals surface area contributed by atoms with Gasteiger partial charge in [0.05, 0.1) is 5.75 Å². The molecule has 0 aliphatic rings. The van der Waals surface area contributed by atoms with Gasteiger partial charge < -0.3 is 5.11 Å². The van der Waals surface area contributed by atoms with Crippen LogP contribution in [0.15, 0.2) is 0 Å². The van der Waals surface area contributed by atoms with Gasteiger partial charge in [0.15, 0.2) is 0 Å². The van der Waals surface area contributed by atoms with E-state index < -0.39 is 10.0 Å². The third kappa shape index (κ3) is 8.84. The molecular weight excluding hydrogens is 214 g/mol. The minimum absolute atomic E-state index is 0.169. The summed E-state index contributed by atoms with van der Waals surface area (Å²) in [4.78, 5) is 0. The van der Waals surface area contributed by atoms with E-state index in [2.05, 4.69) is 4.72 Å². The van der Waals surface area contributed by atoms with Gasteiger partial charge in [0.1, 0.15) is 0 Å². The second-order valence-corrected chi connectivity index (χ2v) is 5.92. The molecule has 1 unspecified atom stereocenters. The van der Waals surface area contributed by atoms with Crippen molar-refractivity contribution in [1.29, 1.82) is 0 Å². The quantitative estimate of drug-likeness (QED) is 0.590. The van der Waals surface area contributed by atoms with E-state index in [0.717, 1.165) is 19.3 Å². The summed E-state index contributed by atoms with van der Waals surface area (Å²) in [6.07, 6.45) is 3.24. The first-order chi connectivity index (χ1) is 7.02. The summed E-state index contributed by atoms with van der Waals surface area (Å²) < 4.78 is 25.3. The van der Waals surface area contributed by atoms with Crippen LogP contribution in [0.25, 0.3) is 0 Å². The fraction of sp³-hybridized carbons (Fsp3) is 1.00. The van der Waals surface area contributed by atoms with Crippen LogP contribution in [0.1, 0.15) is 39.5 Å². The fourth-order valence-corrected chi connectivity index (χ4v) is 2.44. The zero-order valence-corrected chi connectivity index (χ0v) is 10.5. The Hall–Kier alpha value is -0.130. The standard InChI is InChI=1S/C10H23NO3S/c1-3-4-8-15(13,14)11-7-5-6-10(2)9-12/h10-12H,3-9H2,1-2H3. The highest BCUT2D eigenvalue weighted by Crippen LogP contribution is 2.03. The van der Waals surface area contributed by atoms with Crippen LogP contribution >= 0.6 is 0 Å². The van der Waals surface area contributed by atoms with Crippen molar-refractivity contribution >= 4 is 10.0 Å². The van der Waals surface area contributed by atoms with Gasteiger partial charge in [0, 0.05) is 13.2 Å². The van der Waals surface area contributed by atoms with Crippen LogP contribution in [0.5, 0.6) is 0 Å². The predicted molar refractivity (Wildman–Crippen MR) is 62.2 cm³/mol. The van der Waals surface area contributed by atoms with E-state index in [1.807, 2.05) is 13.8 Å². The fourth-order valence-electron chi connectivity index (χ4n) is 1.18. The highest BCUT2D eigenvalue weighted by atomic mass is 32.2. The first kappa shape index (κ1) is 14.9. The van der Waals surface area contributed by atoms with Crippen LogP contribution < -0.4 is 4.72 Å². The van der Waals surface area contributed by atoms with Crippen LogP contribution in [-0.2, 0) is 10.0 Å². The maximum atomic E-state index is 11.3. The summed E-state index contributed by atoms with van der Waals surface area (Å²) in [5.74, 6) is 0.476. The Labute approximate surface area is 93.1 Å². The van der Waals surface area contributed by atoms with Crippen molar-refractivity contribution in [2.45, 2.75) is 39.5 Å². The zero-order chi connectivity index (χ0) is 11.7. The third-order valence-corrected chi connectivity index (χ3v) is 3.74. The maximum Gasteiger partial charge on any atom is 0.211 e.